The van der Waals surface area contributed by atoms with Crippen LogP contribution in [0.25, 0.3) is 0 Å². The monoisotopic (exact) mass is 226 g/mol. The Kier molecular flexibility index (Phi) is 7.06. The Morgan fingerprint density at radius 2 is 1.75 bits per heavy atom. The molecule has 1 saturated heterocycles. The number of likely N-dealkylation sites (tertiary alicyclic amines) is 1. The molecule has 1 N–H and O–H groups in total. The number of hydrogen-bond acceptors (Lipinski definition) is 2. The van der Waals surface area contributed by atoms with E-state index in [0.29, 0.717) is 6.04 Å². The van der Waals surface area contributed by atoms with E-state index in [2.05, 4.69) is 31.0 Å². The average molecular weight is 226 g/mol. The van der Waals surface area contributed by atoms with Gasteiger partial charge in [-0.25, -0.2) is 0 Å². The summed E-state index contributed by atoms with van der Waals surface area (Å²) in [6.07, 6.45) is 6.81. The second-order valence-electron chi connectivity index (χ2n) is 5.73. The molecule has 1 fully saturated rings. The van der Waals surface area contributed by atoms with Gasteiger partial charge in [-0.2, -0.15) is 0 Å². The second-order valence-corrected chi connectivity index (χ2v) is 5.73. The maximum atomic E-state index is 3.64. The molecule has 0 aromatic rings. The van der Waals surface area contributed by atoms with Gasteiger partial charge in [-0.15, -0.1) is 0 Å². The fourth-order valence-electron chi connectivity index (χ4n) is 2.34. The molecule has 2 heteroatoms. The lowest BCUT2D eigenvalue weighted by molar-refractivity contribution is 0.326. The highest BCUT2D eigenvalue weighted by molar-refractivity contribution is 4.67. The molecule has 0 radical (unpaired) electrons. The van der Waals surface area contributed by atoms with Gasteiger partial charge in [0.2, 0.25) is 0 Å². The van der Waals surface area contributed by atoms with Crippen LogP contribution in [-0.4, -0.2) is 37.1 Å². The summed E-state index contributed by atoms with van der Waals surface area (Å²) in [5.41, 5.74) is 0. The van der Waals surface area contributed by atoms with Crippen molar-refractivity contribution in [3.63, 3.8) is 0 Å². The lowest BCUT2D eigenvalue weighted by atomic mass is 10.0. The zero-order chi connectivity index (χ0) is 11.8. The van der Waals surface area contributed by atoms with Crippen LogP contribution in [0.15, 0.2) is 0 Å². The van der Waals surface area contributed by atoms with Crippen LogP contribution in [0.2, 0.25) is 0 Å². The fraction of sp³-hybridized carbons (Fsp3) is 1.00. The molecule has 1 rings (SSSR count). The van der Waals surface area contributed by atoms with Crippen LogP contribution in [0.4, 0.5) is 0 Å². The highest BCUT2D eigenvalue weighted by Gasteiger charge is 2.10. The number of hydrogen-bond donors (Lipinski definition) is 1. The van der Waals surface area contributed by atoms with Crippen molar-refractivity contribution >= 4 is 0 Å². The summed E-state index contributed by atoms with van der Waals surface area (Å²) in [6.45, 7) is 12.1. The van der Waals surface area contributed by atoms with Crippen molar-refractivity contribution in [1.82, 2.24) is 10.2 Å². The molecule has 0 aromatic heterocycles. The molecular formula is C14H30N2. The van der Waals surface area contributed by atoms with Gasteiger partial charge >= 0.3 is 0 Å². The van der Waals surface area contributed by atoms with Crippen LogP contribution < -0.4 is 5.32 Å². The SMILES string of the molecule is CC(C)CCC(C)NCCCN1CCCC1. The van der Waals surface area contributed by atoms with Crippen molar-refractivity contribution in [1.29, 1.82) is 0 Å². The molecule has 0 aromatic carbocycles. The summed E-state index contributed by atoms with van der Waals surface area (Å²) in [5.74, 6) is 0.842. The quantitative estimate of drug-likeness (QED) is 0.640. The maximum absolute atomic E-state index is 3.64. The highest BCUT2D eigenvalue weighted by Crippen LogP contribution is 2.08. The molecule has 1 aliphatic heterocycles. The first kappa shape index (κ1) is 14.0. The topological polar surface area (TPSA) is 15.3 Å². The summed E-state index contributed by atoms with van der Waals surface area (Å²) in [7, 11) is 0. The Morgan fingerprint density at radius 3 is 2.38 bits per heavy atom. The van der Waals surface area contributed by atoms with Gasteiger partial charge in [0, 0.05) is 6.04 Å². The molecule has 0 saturated carbocycles. The van der Waals surface area contributed by atoms with E-state index in [1.165, 1.54) is 58.3 Å². The molecule has 0 spiro atoms. The maximum Gasteiger partial charge on any atom is 0.00388 e. The predicted octanol–water partition coefficient (Wildman–Crippen LogP) is 2.89. The molecule has 1 unspecified atom stereocenters. The molecule has 0 amide bonds. The molecule has 1 aliphatic rings. The molecular weight excluding hydrogens is 196 g/mol. The van der Waals surface area contributed by atoms with Gasteiger partial charge in [0.15, 0.2) is 0 Å². The van der Waals surface area contributed by atoms with Crippen molar-refractivity contribution in [3.05, 3.63) is 0 Å². The van der Waals surface area contributed by atoms with E-state index in [1.807, 2.05) is 0 Å². The van der Waals surface area contributed by atoms with Crippen molar-refractivity contribution in [3.8, 4) is 0 Å². The molecule has 0 aliphatic carbocycles. The smallest absolute Gasteiger partial charge is 0.00388 e. The zero-order valence-corrected chi connectivity index (χ0v) is 11.5. The van der Waals surface area contributed by atoms with E-state index in [4.69, 9.17) is 0 Å². The largest absolute Gasteiger partial charge is 0.314 e. The Balaban J connectivity index is 1.89. The number of rotatable bonds is 8. The fourth-order valence-corrected chi connectivity index (χ4v) is 2.34. The van der Waals surface area contributed by atoms with Gasteiger partial charge in [0.1, 0.15) is 0 Å². The third kappa shape index (κ3) is 6.49. The number of nitrogens with one attached hydrogen (secondary N) is 1. The summed E-state index contributed by atoms with van der Waals surface area (Å²) in [4.78, 5) is 2.60. The second kappa shape index (κ2) is 8.08. The molecule has 96 valence electrons. The molecule has 0 bridgehead atoms. The Hall–Kier alpha value is -0.0800. The van der Waals surface area contributed by atoms with Gasteiger partial charge in [0.25, 0.3) is 0 Å². The zero-order valence-electron chi connectivity index (χ0n) is 11.5. The lowest BCUT2D eigenvalue weighted by Crippen LogP contribution is -2.30. The Labute approximate surface area is 102 Å². The molecule has 2 nitrogen and oxygen atoms in total. The molecule has 16 heavy (non-hydrogen) atoms. The first-order valence-electron chi connectivity index (χ1n) is 7.14. The minimum Gasteiger partial charge on any atom is -0.314 e. The van der Waals surface area contributed by atoms with Crippen LogP contribution in [0.5, 0.6) is 0 Å². The minimum absolute atomic E-state index is 0.695. The first-order chi connectivity index (χ1) is 7.68. The summed E-state index contributed by atoms with van der Waals surface area (Å²) >= 11 is 0. The van der Waals surface area contributed by atoms with Crippen molar-refractivity contribution < 1.29 is 0 Å². The number of nitrogens with zero attached hydrogens (tertiary/aromatic N) is 1. The van der Waals surface area contributed by atoms with Crippen LogP contribution in [-0.2, 0) is 0 Å². The van der Waals surface area contributed by atoms with Crippen LogP contribution in [0.1, 0.15) is 52.9 Å². The lowest BCUT2D eigenvalue weighted by Gasteiger charge is -2.17. The Morgan fingerprint density at radius 1 is 1.06 bits per heavy atom. The predicted molar refractivity (Wildman–Crippen MR) is 71.8 cm³/mol. The van der Waals surface area contributed by atoms with Crippen molar-refractivity contribution in [2.24, 2.45) is 5.92 Å². The normalized spacial score (nSPS) is 19.5. The van der Waals surface area contributed by atoms with Gasteiger partial charge < -0.3 is 10.2 Å². The van der Waals surface area contributed by atoms with Crippen LogP contribution >= 0.6 is 0 Å². The van der Waals surface area contributed by atoms with E-state index < -0.39 is 0 Å². The third-order valence-corrected chi connectivity index (χ3v) is 3.52. The van der Waals surface area contributed by atoms with Crippen LogP contribution in [0.3, 0.4) is 0 Å². The van der Waals surface area contributed by atoms with Gasteiger partial charge in [0.05, 0.1) is 0 Å². The summed E-state index contributed by atoms with van der Waals surface area (Å²) in [5, 5.41) is 3.64. The molecule has 1 atom stereocenters. The first-order valence-corrected chi connectivity index (χ1v) is 7.14. The van der Waals surface area contributed by atoms with E-state index >= 15 is 0 Å². The minimum atomic E-state index is 0.695. The third-order valence-electron chi connectivity index (χ3n) is 3.52. The average Bonchev–Trinajstić information content (AvgIpc) is 2.74. The standard InChI is InChI=1S/C14H30N2/c1-13(2)7-8-14(3)15-9-6-12-16-10-4-5-11-16/h13-15H,4-12H2,1-3H3. The van der Waals surface area contributed by atoms with Crippen molar-refractivity contribution in [2.45, 2.75) is 58.9 Å². The van der Waals surface area contributed by atoms with Gasteiger partial charge in [-0.3, -0.25) is 0 Å². The van der Waals surface area contributed by atoms with Crippen molar-refractivity contribution in [2.75, 3.05) is 26.2 Å². The highest BCUT2D eigenvalue weighted by atomic mass is 15.1. The van der Waals surface area contributed by atoms with Crippen LogP contribution in [0, 0.1) is 5.92 Å². The van der Waals surface area contributed by atoms with E-state index in [9.17, 15) is 0 Å². The Bertz CT molecular complexity index is 162. The molecule has 1 heterocycles. The van der Waals surface area contributed by atoms with E-state index in [0.717, 1.165) is 5.92 Å². The summed E-state index contributed by atoms with van der Waals surface area (Å²) < 4.78 is 0. The van der Waals surface area contributed by atoms with Gasteiger partial charge in [-0.05, 0) is 71.1 Å². The summed E-state index contributed by atoms with van der Waals surface area (Å²) in [6, 6.07) is 0.695. The van der Waals surface area contributed by atoms with E-state index in [1.54, 1.807) is 0 Å². The van der Waals surface area contributed by atoms with Gasteiger partial charge in [-0.1, -0.05) is 13.8 Å². The van der Waals surface area contributed by atoms with E-state index in [-0.39, 0.29) is 0 Å².